The van der Waals surface area contributed by atoms with E-state index in [4.69, 9.17) is 0 Å². The molecule has 3 rings (SSSR count). The Morgan fingerprint density at radius 2 is 1.91 bits per heavy atom. The molecule has 3 aromatic rings. The minimum Gasteiger partial charge on any atom is -0.325 e. The van der Waals surface area contributed by atoms with E-state index in [1.54, 1.807) is 12.3 Å². The highest BCUT2D eigenvalue weighted by Gasteiger charge is 2.19. The summed E-state index contributed by atoms with van der Waals surface area (Å²) >= 11 is 1.33. The summed E-state index contributed by atoms with van der Waals surface area (Å²) in [6.07, 6.45) is 3.61. The van der Waals surface area contributed by atoms with E-state index in [-0.39, 0.29) is 16.6 Å². The first-order chi connectivity index (χ1) is 15.1. The van der Waals surface area contributed by atoms with Crippen LogP contribution in [0.4, 0.5) is 5.69 Å². The number of nitrogens with zero attached hydrogens (tertiary/aromatic N) is 3. The molecule has 1 amide bonds. The Hall–Kier alpha value is -2.62. The maximum atomic E-state index is 12.6. The van der Waals surface area contributed by atoms with E-state index < -0.39 is 10.0 Å². The van der Waals surface area contributed by atoms with Crippen molar-refractivity contribution in [2.45, 2.75) is 36.7 Å². The van der Waals surface area contributed by atoms with Crippen LogP contribution in [-0.4, -0.2) is 48.0 Å². The van der Waals surface area contributed by atoms with Crippen LogP contribution in [0.15, 0.2) is 64.9 Å². The molecule has 32 heavy (non-hydrogen) atoms. The van der Waals surface area contributed by atoms with Crippen LogP contribution >= 0.6 is 11.8 Å². The molecule has 0 saturated carbocycles. The molecule has 1 heterocycles. The SMILES string of the molecule is Cc1ccc(S(=O)(=O)N(C)C)cc1NC(=O)CSc1nccn1-c1ccccc1C(C)C. The van der Waals surface area contributed by atoms with Gasteiger partial charge in [-0.1, -0.05) is 49.9 Å². The van der Waals surface area contributed by atoms with Gasteiger partial charge in [-0.3, -0.25) is 9.36 Å². The number of thioether (sulfide) groups is 1. The third-order valence-corrected chi connectivity index (χ3v) is 7.80. The molecular formula is C23H28N4O3S2. The first kappa shape index (κ1) is 24.0. The van der Waals surface area contributed by atoms with Gasteiger partial charge in [0.2, 0.25) is 15.9 Å². The number of amides is 1. The second-order valence-corrected chi connectivity index (χ2v) is 11.0. The zero-order chi connectivity index (χ0) is 23.5. The normalized spacial score (nSPS) is 11.8. The van der Waals surface area contributed by atoms with Gasteiger partial charge in [0.25, 0.3) is 0 Å². The van der Waals surface area contributed by atoms with Crippen molar-refractivity contribution >= 4 is 33.4 Å². The Bertz CT molecular complexity index is 1220. The summed E-state index contributed by atoms with van der Waals surface area (Å²) in [5.74, 6) is 0.262. The fourth-order valence-corrected chi connectivity index (χ4v) is 4.89. The van der Waals surface area contributed by atoms with Gasteiger partial charge >= 0.3 is 0 Å². The average Bonchev–Trinajstić information content (AvgIpc) is 3.22. The second kappa shape index (κ2) is 9.89. The molecular weight excluding hydrogens is 444 g/mol. The number of sulfonamides is 1. The van der Waals surface area contributed by atoms with Gasteiger partial charge in [0, 0.05) is 32.2 Å². The van der Waals surface area contributed by atoms with E-state index in [0.29, 0.717) is 16.8 Å². The zero-order valence-electron chi connectivity index (χ0n) is 18.9. The van der Waals surface area contributed by atoms with Crippen molar-refractivity contribution in [1.29, 1.82) is 0 Å². The summed E-state index contributed by atoms with van der Waals surface area (Å²) in [5, 5.41) is 3.55. The maximum absolute atomic E-state index is 12.6. The largest absolute Gasteiger partial charge is 0.325 e. The minimum absolute atomic E-state index is 0.136. The van der Waals surface area contributed by atoms with Crippen molar-refractivity contribution in [3.05, 3.63) is 66.0 Å². The number of anilines is 1. The van der Waals surface area contributed by atoms with Crippen LogP contribution < -0.4 is 5.32 Å². The van der Waals surface area contributed by atoms with Crippen LogP contribution in [0.3, 0.4) is 0 Å². The standard InChI is InChI=1S/C23H28N4O3S2/c1-16(2)19-8-6-7-9-21(19)27-13-12-24-23(27)31-15-22(28)25-20-14-18(11-10-17(20)3)32(29,30)26(4)5/h6-14,16H,15H2,1-5H3,(H,25,28). The summed E-state index contributed by atoms with van der Waals surface area (Å²) < 4.78 is 28.0. The second-order valence-electron chi connectivity index (χ2n) is 7.89. The van der Waals surface area contributed by atoms with Crippen molar-refractivity contribution in [3.63, 3.8) is 0 Å². The number of carbonyl (C=O) groups is 1. The predicted octanol–water partition coefficient (Wildman–Crippen LogP) is 4.29. The maximum Gasteiger partial charge on any atom is 0.242 e. The van der Waals surface area contributed by atoms with Crippen LogP contribution in [0.25, 0.3) is 5.69 Å². The van der Waals surface area contributed by atoms with Crippen LogP contribution in [0.1, 0.15) is 30.9 Å². The summed E-state index contributed by atoms with van der Waals surface area (Å²) in [4.78, 5) is 17.2. The van der Waals surface area contributed by atoms with Gasteiger partial charge in [-0.15, -0.1) is 0 Å². The van der Waals surface area contributed by atoms with E-state index in [1.807, 2.05) is 35.9 Å². The average molecular weight is 473 g/mol. The molecule has 0 radical (unpaired) electrons. The van der Waals surface area contributed by atoms with Crippen LogP contribution in [0, 0.1) is 6.92 Å². The molecule has 0 atom stereocenters. The number of hydrogen-bond acceptors (Lipinski definition) is 5. The fourth-order valence-electron chi connectivity index (χ4n) is 3.20. The monoisotopic (exact) mass is 472 g/mol. The Morgan fingerprint density at radius 1 is 1.19 bits per heavy atom. The minimum atomic E-state index is -3.58. The number of para-hydroxylation sites is 1. The summed E-state index contributed by atoms with van der Waals surface area (Å²) in [5.41, 5.74) is 3.51. The third-order valence-electron chi connectivity index (χ3n) is 5.02. The number of hydrogen-bond donors (Lipinski definition) is 1. The number of benzene rings is 2. The van der Waals surface area contributed by atoms with Crippen molar-refractivity contribution < 1.29 is 13.2 Å². The van der Waals surface area contributed by atoms with Gasteiger partial charge < -0.3 is 5.32 Å². The summed E-state index contributed by atoms with van der Waals surface area (Å²) in [6.45, 7) is 6.11. The molecule has 7 nitrogen and oxygen atoms in total. The zero-order valence-corrected chi connectivity index (χ0v) is 20.5. The number of nitrogens with one attached hydrogen (secondary N) is 1. The number of aryl methyl sites for hydroxylation is 1. The molecule has 0 aliphatic heterocycles. The molecule has 2 aromatic carbocycles. The molecule has 170 valence electrons. The third kappa shape index (κ3) is 5.23. The lowest BCUT2D eigenvalue weighted by Gasteiger charge is -2.15. The summed E-state index contributed by atoms with van der Waals surface area (Å²) in [7, 11) is -0.632. The summed E-state index contributed by atoms with van der Waals surface area (Å²) in [6, 6.07) is 12.9. The molecule has 0 aliphatic rings. The number of aromatic nitrogens is 2. The van der Waals surface area contributed by atoms with Gasteiger partial charge in [-0.2, -0.15) is 0 Å². The Kier molecular flexibility index (Phi) is 7.43. The van der Waals surface area contributed by atoms with Crippen molar-refractivity contribution in [1.82, 2.24) is 13.9 Å². The van der Waals surface area contributed by atoms with E-state index in [2.05, 4.69) is 30.2 Å². The van der Waals surface area contributed by atoms with Crippen molar-refractivity contribution in [3.8, 4) is 5.69 Å². The molecule has 0 bridgehead atoms. The van der Waals surface area contributed by atoms with E-state index >= 15 is 0 Å². The van der Waals surface area contributed by atoms with Crippen LogP contribution in [0.5, 0.6) is 0 Å². The smallest absolute Gasteiger partial charge is 0.242 e. The van der Waals surface area contributed by atoms with Gasteiger partial charge in [-0.05, 0) is 42.2 Å². The quantitative estimate of drug-likeness (QED) is 0.495. The topological polar surface area (TPSA) is 84.3 Å². The van der Waals surface area contributed by atoms with E-state index in [9.17, 15) is 13.2 Å². The first-order valence-electron chi connectivity index (χ1n) is 10.2. The van der Waals surface area contributed by atoms with Crippen LogP contribution in [-0.2, 0) is 14.8 Å². The predicted molar refractivity (Wildman–Crippen MR) is 129 cm³/mol. The highest BCUT2D eigenvalue weighted by Crippen LogP contribution is 2.28. The van der Waals surface area contributed by atoms with Gasteiger partial charge in [-0.25, -0.2) is 17.7 Å². The Labute approximate surface area is 193 Å². The van der Waals surface area contributed by atoms with Gasteiger partial charge in [0.1, 0.15) is 0 Å². The van der Waals surface area contributed by atoms with E-state index in [1.165, 1.54) is 43.6 Å². The van der Waals surface area contributed by atoms with E-state index in [0.717, 1.165) is 15.6 Å². The van der Waals surface area contributed by atoms with Gasteiger partial charge in [0.15, 0.2) is 5.16 Å². The molecule has 0 spiro atoms. The lowest BCUT2D eigenvalue weighted by atomic mass is 10.0. The Balaban J connectivity index is 1.75. The lowest BCUT2D eigenvalue weighted by molar-refractivity contribution is -0.113. The molecule has 9 heteroatoms. The molecule has 1 N–H and O–H groups in total. The molecule has 1 aromatic heterocycles. The first-order valence-corrected chi connectivity index (χ1v) is 12.6. The molecule has 0 unspecified atom stereocenters. The lowest BCUT2D eigenvalue weighted by Crippen LogP contribution is -2.22. The highest BCUT2D eigenvalue weighted by molar-refractivity contribution is 7.99. The Morgan fingerprint density at radius 3 is 2.59 bits per heavy atom. The van der Waals surface area contributed by atoms with Gasteiger partial charge in [0.05, 0.1) is 16.3 Å². The highest BCUT2D eigenvalue weighted by atomic mass is 32.2. The number of imidazole rings is 1. The van der Waals surface area contributed by atoms with Crippen molar-refractivity contribution in [2.24, 2.45) is 0 Å². The number of rotatable bonds is 8. The molecule has 0 fully saturated rings. The fraction of sp³-hybridized carbons (Fsp3) is 0.304. The number of carbonyl (C=O) groups excluding carboxylic acids is 1. The van der Waals surface area contributed by atoms with Crippen LogP contribution in [0.2, 0.25) is 0 Å². The molecule has 0 saturated heterocycles. The van der Waals surface area contributed by atoms with Crippen molar-refractivity contribution in [2.75, 3.05) is 25.2 Å². The molecule has 0 aliphatic carbocycles.